The Labute approximate surface area is 230 Å². The van der Waals surface area contributed by atoms with E-state index in [1.807, 2.05) is 6.07 Å². The van der Waals surface area contributed by atoms with Gasteiger partial charge in [-0.15, -0.1) is 0 Å². The van der Waals surface area contributed by atoms with Gasteiger partial charge in [-0.25, -0.2) is 8.78 Å². The lowest BCUT2D eigenvalue weighted by atomic mass is 9.95. The fourth-order valence-electron chi connectivity index (χ4n) is 4.91. The third kappa shape index (κ3) is 7.64. The molecular formula is C33H39F3O3. The van der Waals surface area contributed by atoms with Crippen LogP contribution in [0.5, 0.6) is 5.75 Å². The molecule has 1 heterocycles. The van der Waals surface area contributed by atoms with Crippen LogP contribution < -0.4 is 4.74 Å². The third-order valence-electron chi connectivity index (χ3n) is 7.28. The number of halogens is 3. The smallest absolute Gasteiger partial charge is 0.201 e. The molecule has 39 heavy (non-hydrogen) atoms. The minimum Gasteiger partial charge on any atom is -0.490 e. The van der Waals surface area contributed by atoms with Gasteiger partial charge in [0.15, 0.2) is 17.9 Å². The summed E-state index contributed by atoms with van der Waals surface area (Å²) in [5, 5.41) is 0. The average Bonchev–Trinajstić information content (AvgIpc) is 2.96. The molecule has 0 saturated carbocycles. The molecule has 3 aromatic carbocycles. The van der Waals surface area contributed by atoms with Gasteiger partial charge >= 0.3 is 0 Å². The van der Waals surface area contributed by atoms with Crippen molar-refractivity contribution in [2.45, 2.75) is 77.4 Å². The summed E-state index contributed by atoms with van der Waals surface area (Å²) in [7, 11) is 0. The van der Waals surface area contributed by atoms with Crippen LogP contribution in [-0.4, -0.2) is 26.1 Å². The van der Waals surface area contributed by atoms with Crippen molar-refractivity contribution in [1.29, 1.82) is 0 Å². The molecule has 1 fully saturated rings. The molecule has 0 atom stereocenters. The van der Waals surface area contributed by atoms with E-state index in [2.05, 4.69) is 13.8 Å². The van der Waals surface area contributed by atoms with E-state index < -0.39 is 11.6 Å². The largest absolute Gasteiger partial charge is 0.490 e. The van der Waals surface area contributed by atoms with E-state index in [0.29, 0.717) is 36.5 Å². The first-order chi connectivity index (χ1) is 19.0. The SMILES string of the molecule is CCCCCCOc1ccc(-c2ccc(-c3ccc(C4COC(CCCCC)OC4)c(F)c3)cc2)c(F)c1F. The highest BCUT2D eigenvalue weighted by Crippen LogP contribution is 2.33. The van der Waals surface area contributed by atoms with Gasteiger partial charge in [0.25, 0.3) is 0 Å². The predicted molar refractivity (Wildman–Crippen MR) is 149 cm³/mol. The highest BCUT2D eigenvalue weighted by Gasteiger charge is 2.25. The van der Waals surface area contributed by atoms with Gasteiger partial charge in [-0.1, -0.05) is 82.3 Å². The van der Waals surface area contributed by atoms with Crippen molar-refractivity contribution in [1.82, 2.24) is 0 Å². The monoisotopic (exact) mass is 540 g/mol. The summed E-state index contributed by atoms with van der Waals surface area (Å²) in [6, 6.07) is 15.2. The van der Waals surface area contributed by atoms with Crippen LogP contribution in [0.25, 0.3) is 22.3 Å². The van der Waals surface area contributed by atoms with E-state index in [0.717, 1.165) is 56.9 Å². The summed E-state index contributed by atoms with van der Waals surface area (Å²) < 4.78 is 61.7. The van der Waals surface area contributed by atoms with Gasteiger partial charge in [-0.3, -0.25) is 0 Å². The van der Waals surface area contributed by atoms with Crippen LogP contribution in [0.2, 0.25) is 0 Å². The van der Waals surface area contributed by atoms with Crippen LogP contribution in [-0.2, 0) is 9.47 Å². The second-order valence-electron chi connectivity index (χ2n) is 10.3. The Balaban J connectivity index is 1.39. The van der Waals surface area contributed by atoms with E-state index >= 15 is 4.39 Å². The van der Waals surface area contributed by atoms with E-state index in [-0.39, 0.29) is 29.3 Å². The van der Waals surface area contributed by atoms with E-state index in [4.69, 9.17) is 14.2 Å². The van der Waals surface area contributed by atoms with Crippen molar-refractivity contribution in [3.63, 3.8) is 0 Å². The second kappa shape index (κ2) is 14.5. The predicted octanol–water partition coefficient (Wildman–Crippen LogP) is 9.43. The van der Waals surface area contributed by atoms with Gasteiger partial charge in [0.2, 0.25) is 5.82 Å². The third-order valence-corrected chi connectivity index (χ3v) is 7.28. The zero-order chi connectivity index (χ0) is 27.6. The van der Waals surface area contributed by atoms with E-state index in [1.54, 1.807) is 30.3 Å². The standard InChI is InChI=1S/C33H39F3O3/c1-3-5-7-9-19-37-30-18-17-28(32(35)33(30)36)24-13-11-23(12-14-24)25-15-16-27(29(34)20-25)26-21-38-31(39-22-26)10-8-6-4-2/h11-18,20,26,31H,3-10,19,21-22H2,1-2H3. The maximum Gasteiger partial charge on any atom is 0.201 e. The fourth-order valence-corrected chi connectivity index (χ4v) is 4.91. The highest BCUT2D eigenvalue weighted by atomic mass is 19.2. The molecule has 0 unspecified atom stereocenters. The fraction of sp³-hybridized carbons (Fsp3) is 0.455. The lowest BCUT2D eigenvalue weighted by Crippen LogP contribution is -2.31. The topological polar surface area (TPSA) is 27.7 Å². The van der Waals surface area contributed by atoms with Crippen molar-refractivity contribution >= 4 is 0 Å². The molecule has 0 radical (unpaired) electrons. The summed E-state index contributed by atoms with van der Waals surface area (Å²) in [5.74, 6) is -2.44. The van der Waals surface area contributed by atoms with Gasteiger partial charge in [0, 0.05) is 11.5 Å². The summed E-state index contributed by atoms with van der Waals surface area (Å²) >= 11 is 0. The number of rotatable bonds is 13. The van der Waals surface area contributed by atoms with Crippen LogP contribution in [0.3, 0.4) is 0 Å². The number of hydrogen-bond donors (Lipinski definition) is 0. The number of benzene rings is 3. The molecule has 210 valence electrons. The molecular weight excluding hydrogens is 501 g/mol. The Hall–Kier alpha value is -2.83. The molecule has 3 aromatic rings. The minimum atomic E-state index is -0.979. The maximum absolute atomic E-state index is 15.1. The van der Waals surface area contributed by atoms with Gasteiger partial charge in [0.1, 0.15) is 5.82 Å². The van der Waals surface area contributed by atoms with Gasteiger partial charge in [-0.05, 0) is 59.7 Å². The molecule has 4 rings (SSSR count). The molecule has 0 spiro atoms. The van der Waals surface area contributed by atoms with Crippen LogP contribution in [0.4, 0.5) is 13.2 Å². The van der Waals surface area contributed by atoms with Gasteiger partial charge < -0.3 is 14.2 Å². The van der Waals surface area contributed by atoms with E-state index in [9.17, 15) is 8.78 Å². The quantitative estimate of drug-likeness (QED) is 0.202. The van der Waals surface area contributed by atoms with Crippen LogP contribution in [0.15, 0.2) is 54.6 Å². The molecule has 6 heteroatoms. The Bertz CT molecular complexity index is 1190. The van der Waals surface area contributed by atoms with Crippen molar-refractivity contribution in [2.24, 2.45) is 0 Å². The second-order valence-corrected chi connectivity index (χ2v) is 10.3. The molecule has 0 aliphatic carbocycles. The minimum absolute atomic E-state index is 0.0688. The summed E-state index contributed by atoms with van der Waals surface area (Å²) in [4.78, 5) is 0. The molecule has 3 nitrogen and oxygen atoms in total. The summed E-state index contributed by atoms with van der Waals surface area (Å²) in [6.07, 6.45) is 8.02. The first kappa shape index (κ1) is 29.2. The zero-order valence-corrected chi connectivity index (χ0v) is 23.0. The van der Waals surface area contributed by atoms with Crippen molar-refractivity contribution in [3.05, 3.63) is 77.6 Å². The molecule has 0 N–H and O–H groups in total. The number of hydrogen-bond acceptors (Lipinski definition) is 3. The lowest BCUT2D eigenvalue weighted by molar-refractivity contribution is -0.190. The number of ether oxygens (including phenoxy) is 3. The van der Waals surface area contributed by atoms with Crippen LogP contribution >= 0.6 is 0 Å². The highest BCUT2D eigenvalue weighted by molar-refractivity contribution is 5.71. The maximum atomic E-state index is 15.1. The normalized spacial score (nSPS) is 17.4. The molecule has 1 aliphatic rings. The zero-order valence-electron chi connectivity index (χ0n) is 23.0. The van der Waals surface area contributed by atoms with Crippen LogP contribution in [0.1, 0.15) is 76.7 Å². The molecule has 1 aliphatic heterocycles. The molecule has 0 aromatic heterocycles. The Morgan fingerprint density at radius 2 is 1.38 bits per heavy atom. The molecule has 0 amide bonds. The number of unbranched alkanes of at least 4 members (excludes halogenated alkanes) is 5. The molecule has 0 bridgehead atoms. The summed E-state index contributed by atoms with van der Waals surface area (Å²) in [6.45, 7) is 5.51. The van der Waals surface area contributed by atoms with Gasteiger partial charge in [0.05, 0.1) is 19.8 Å². The van der Waals surface area contributed by atoms with Gasteiger partial charge in [-0.2, -0.15) is 4.39 Å². The van der Waals surface area contributed by atoms with Crippen LogP contribution in [0, 0.1) is 17.5 Å². The van der Waals surface area contributed by atoms with Crippen molar-refractivity contribution < 1.29 is 27.4 Å². The first-order valence-corrected chi connectivity index (χ1v) is 14.3. The Kier molecular flexibility index (Phi) is 10.9. The van der Waals surface area contributed by atoms with Crippen molar-refractivity contribution in [3.8, 4) is 28.0 Å². The lowest BCUT2D eigenvalue weighted by Gasteiger charge is -2.30. The Morgan fingerprint density at radius 3 is 2.08 bits per heavy atom. The Morgan fingerprint density at radius 1 is 0.718 bits per heavy atom. The average molecular weight is 541 g/mol. The molecule has 1 saturated heterocycles. The van der Waals surface area contributed by atoms with E-state index in [1.165, 1.54) is 18.2 Å². The summed E-state index contributed by atoms with van der Waals surface area (Å²) in [5.41, 5.74) is 2.75. The first-order valence-electron chi connectivity index (χ1n) is 14.3. The van der Waals surface area contributed by atoms with Crippen molar-refractivity contribution in [2.75, 3.05) is 19.8 Å².